The normalized spacial score (nSPS) is 20.0. The molecule has 63 heavy (non-hydrogen) atoms. The molecule has 10 rings (SSSR count). The minimum atomic E-state index is -3.07. The molecule has 0 spiro atoms. The Morgan fingerprint density at radius 2 is 0.460 bits per heavy atom. The average Bonchev–Trinajstić information content (AvgIpc) is 3.82. The van der Waals surface area contributed by atoms with E-state index >= 15 is 0 Å². The molecule has 3 aliphatic heterocycles. The van der Waals surface area contributed by atoms with Crippen molar-refractivity contribution >= 4 is 134 Å². The van der Waals surface area contributed by atoms with Gasteiger partial charge in [0.25, 0.3) is 0 Å². The van der Waals surface area contributed by atoms with Gasteiger partial charge in [-0.25, -0.2) is 0 Å². The fourth-order valence-corrected chi connectivity index (χ4v) is 24.4. The number of rotatable bonds is 15. The predicted molar refractivity (Wildman–Crippen MR) is 279 cm³/mol. The first-order chi connectivity index (χ1) is 30.4. The monoisotopic (exact) mass is 948 g/mol. The largest absolute Gasteiger partial charge is 0.489 e. The topological polar surface area (TPSA) is 55.4 Å². The van der Waals surface area contributed by atoms with Crippen molar-refractivity contribution < 1.29 is 28.4 Å². The highest BCUT2D eigenvalue weighted by Crippen LogP contribution is 2.70. The van der Waals surface area contributed by atoms with Gasteiger partial charge in [-0.05, 0) is 78.2 Å². The molecular weight excluding hydrogens is 898 g/mol. The number of hydrogen-bond acceptors (Lipinski definition) is 9. The molecule has 6 nitrogen and oxygen atoms in total. The Labute approximate surface area is 385 Å². The lowest BCUT2D eigenvalue weighted by Gasteiger charge is -2.29. The quantitative estimate of drug-likeness (QED) is 0.0743. The summed E-state index contributed by atoms with van der Waals surface area (Å²) in [5.41, 5.74) is 3.45. The molecule has 3 aliphatic rings. The Morgan fingerprint density at radius 1 is 0.302 bits per heavy atom. The molecule has 7 aromatic rings. The lowest BCUT2D eigenvalue weighted by atomic mass is 9.93. The van der Waals surface area contributed by atoms with Crippen LogP contribution in [0, 0.1) is 20.8 Å². The van der Waals surface area contributed by atoms with E-state index in [1.165, 1.54) is 0 Å². The highest BCUT2D eigenvalue weighted by atomic mass is 32.4. The molecule has 0 N–H and O–H groups in total. The Kier molecular flexibility index (Phi) is 10.7. The van der Waals surface area contributed by atoms with Crippen molar-refractivity contribution in [3.63, 3.8) is 0 Å². The zero-order valence-corrected chi connectivity index (χ0v) is 42.3. The molecule has 0 fully saturated rings. The highest BCUT2D eigenvalue weighted by Gasteiger charge is 2.55. The Hall–Kier alpha value is -3.93. The van der Waals surface area contributed by atoms with Gasteiger partial charge in [0.1, 0.15) is 0 Å². The van der Waals surface area contributed by atoms with Gasteiger partial charge in [0.2, 0.25) is 0 Å². The highest BCUT2D eigenvalue weighted by molar-refractivity contribution is 8.28. The number of benzene rings is 7. The van der Waals surface area contributed by atoms with Crippen molar-refractivity contribution in [2.45, 2.75) is 62.3 Å². The van der Waals surface area contributed by atoms with E-state index in [2.05, 4.69) is 93.6 Å². The van der Waals surface area contributed by atoms with Crippen LogP contribution in [0.2, 0.25) is 0 Å². The van der Waals surface area contributed by atoms with Gasteiger partial charge in [-0.2, -0.15) is 0 Å². The van der Waals surface area contributed by atoms with Crippen LogP contribution >= 0.6 is 18.1 Å². The summed E-state index contributed by atoms with van der Waals surface area (Å²) in [7, 11) is 0. The lowest BCUT2D eigenvalue weighted by Crippen LogP contribution is -2.28. The van der Waals surface area contributed by atoms with Gasteiger partial charge in [-0.1, -0.05) is 125 Å². The SMILES string of the molecule is CCOc1c(OCC)c2c3c4c1P(=S)(c1ccc(C)cc1)c1c(OCC)c(OCC)c5c(c14)c1c(c(OCC)c(OCC)c(c31)P2(=S)c1ccc(C)cc1)P5(=S)c1ccc(C)cc1. The maximum Gasteiger partial charge on any atom is 0.171 e. The van der Waals surface area contributed by atoms with Crippen molar-refractivity contribution in [3.05, 3.63) is 89.5 Å². The molecule has 0 atom stereocenters. The molecule has 0 bridgehead atoms. The van der Waals surface area contributed by atoms with Gasteiger partial charge >= 0.3 is 0 Å². The van der Waals surface area contributed by atoms with E-state index < -0.39 is 18.1 Å². The summed E-state index contributed by atoms with van der Waals surface area (Å²) in [6, 6.07) is 17.0. The second-order valence-corrected chi connectivity index (χ2v) is 29.1. The molecule has 0 aromatic heterocycles. The third-order valence-corrected chi connectivity index (χ3v) is 27.2. The summed E-state index contributed by atoms with van der Waals surface area (Å²) in [5, 5.41) is 15.4. The first kappa shape index (κ1) is 43.0. The van der Waals surface area contributed by atoms with Crippen LogP contribution in [0.4, 0.5) is 0 Å². The van der Waals surface area contributed by atoms with Crippen LogP contribution in [0.1, 0.15) is 58.2 Å². The second-order valence-electron chi connectivity index (χ2n) is 16.2. The zero-order chi connectivity index (χ0) is 44.3. The fourth-order valence-electron chi connectivity index (χ4n) is 10.3. The molecule has 12 heteroatoms. The molecule has 7 aromatic carbocycles. The number of ether oxygens (including phenoxy) is 6. The van der Waals surface area contributed by atoms with E-state index in [0.717, 1.165) is 96.7 Å². The maximum atomic E-state index is 7.48. The summed E-state index contributed by atoms with van der Waals surface area (Å²) in [6.07, 6.45) is 0. The van der Waals surface area contributed by atoms with Crippen molar-refractivity contribution in [2.24, 2.45) is 0 Å². The van der Waals surface area contributed by atoms with E-state index in [4.69, 9.17) is 63.8 Å². The van der Waals surface area contributed by atoms with Crippen molar-refractivity contribution in [1.29, 1.82) is 0 Å². The van der Waals surface area contributed by atoms with E-state index in [9.17, 15) is 0 Å². The average molecular weight is 949 g/mol. The van der Waals surface area contributed by atoms with Crippen LogP contribution < -0.4 is 76.2 Å². The van der Waals surface area contributed by atoms with Gasteiger partial charge in [0.05, 0.1) is 39.6 Å². The third kappa shape index (κ3) is 5.51. The van der Waals surface area contributed by atoms with E-state index in [-0.39, 0.29) is 0 Å². The first-order valence-corrected chi connectivity index (χ1v) is 30.4. The molecule has 0 amide bonds. The molecule has 0 unspecified atom stereocenters. The first-order valence-electron chi connectivity index (χ1n) is 22.0. The van der Waals surface area contributed by atoms with Crippen LogP contribution in [0.3, 0.4) is 0 Å². The maximum absolute atomic E-state index is 7.48. The molecular formula is C51H51O6P3S3. The Bertz CT molecular complexity index is 2740. The van der Waals surface area contributed by atoms with Crippen LogP contribution in [0.15, 0.2) is 72.8 Å². The van der Waals surface area contributed by atoms with E-state index in [1.54, 1.807) is 0 Å². The molecule has 324 valence electrons. The van der Waals surface area contributed by atoms with E-state index in [0.29, 0.717) is 74.1 Å². The summed E-state index contributed by atoms with van der Waals surface area (Å²) in [5.74, 6) is 4.00. The van der Waals surface area contributed by atoms with Gasteiger partial charge in [0.15, 0.2) is 34.5 Å². The predicted octanol–water partition coefficient (Wildman–Crippen LogP) is 8.67. The number of hydrogen-bond donors (Lipinski definition) is 0. The Morgan fingerprint density at radius 3 is 0.603 bits per heavy atom. The van der Waals surface area contributed by atoms with Gasteiger partial charge in [-0.15, -0.1) is 0 Å². The van der Waals surface area contributed by atoms with Gasteiger partial charge < -0.3 is 28.4 Å². The third-order valence-electron chi connectivity index (χ3n) is 12.6. The standard InChI is InChI=1S/C51H51O6P3S3/c1-10-52-40-41(53-11-2)47-35-34-36-38-39-37(35)49(59(47,62)32-24-18-29(8)19-25-32)44(56-14-5)45(57-15-6)51(39)60(63,33-26-20-30(9)21-27-33)50(38)43(55-13-4)42(54-12-3)48(36)58(61,46(34)40)31-22-16-28(7)17-23-31/h16-27H,10-15H2,1-9H3. The molecule has 0 saturated heterocycles. The summed E-state index contributed by atoms with van der Waals surface area (Å²) in [6.45, 7) is 20.9. The van der Waals surface area contributed by atoms with Gasteiger partial charge in [-0.3, -0.25) is 0 Å². The Balaban J connectivity index is 1.62. The minimum Gasteiger partial charge on any atom is -0.489 e. The van der Waals surface area contributed by atoms with Gasteiger partial charge in [0, 0.05) is 82.3 Å². The van der Waals surface area contributed by atoms with Crippen LogP contribution in [0.5, 0.6) is 34.5 Å². The summed E-state index contributed by atoms with van der Waals surface area (Å²) in [4.78, 5) is 0. The van der Waals surface area contributed by atoms with Crippen molar-refractivity contribution in [1.82, 2.24) is 0 Å². The smallest absolute Gasteiger partial charge is 0.171 e. The molecule has 0 aliphatic carbocycles. The molecule has 0 saturated carbocycles. The molecule has 0 radical (unpaired) electrons. The number of aryl methyl sites for hydroxylation is 3. The summed E-state index contributed by atoms with van der Waals surface area (Å²) < 4.78 is 42.2. The van der Waals surface area contributed by atoms with Crippen molar-refractivity contribution in [3.8, 4) is 34.5 Å². The zero-order valence-electron chi connectivity index (χ0n) is 37.2. The van der Waals surface area contributed by atoms with Crippen LogP contribution in [0.25, 0.3) is 32.3 Å². The second kappa shape index (κ2) is 15.6. The van der Waals surface area contributed by atoms with Crippen LogP contribution in [-0.4, -0.2) is 39.6 Å². The summed E-state index contributed by atoms with van der Waals surface area (Å²) >= 11 is 22.4. The van der Waals surface area contributed by atoms with Crippen molar-refractivity contribution in [2.75, 3.05) is 39.6 Å². The minimum absolute atomic E-state index is 0.397. The van der Waals surface area contributed by atoms with Crippen LogP contribution in [-0.2, 0) is 35.4 Å². The van der Waals surface area contributed by atoms with E-state index in [1.807, 2.05) is 41.5 Å². The fraction of sp³-hybridized carbons (Fsp3) is 0.294. The lowest BCUT2D eigenvalue weighted by molar-refractivity contribution is 0.292. The molecule has 3 heterocycles.